The van der Waals surface area contributed by atoms with Gasteiger partial charge in [0.15, 0.2) is 0 Å². The van der Waals surface area contributed by atoms with Crippen LogP contribution in [0.1, 0.15) is 24.8 Å². The van der Waals surface area contributed by atoms with Gasteiger partial charge in [0.05, 0.1) is 10.3 Å². The average molecular weight is 301 g/mol. The predicted molar refractivity (Wildman–Crippen MR) is 70.2 cm³/mol. The lowest BCUT2D eigenvalue weighted by atomic mass is 9.69. The molecule has 0 amide bonds. The zero-order valence-electron chi connectivity index (χ0n) is 11.0. The first-order valence-electron chi connectivity index (χ1n) is 6.26. The average Bonchev–Trinajstić information content (AvgIpc) is 2.30. The molecule has 0 aliphatic heterocycles. The molecular weight excluding hydrogens is 285 g/mol. The van der Waals surface area contributed by atoms with E-state index < -0.39 is 27.2 Å². The number of nitrogens with one attached hydrogen (secondary N) is 1. The first-order valence-corrected chi connectivity index (χ1v) is 7.74. The van der Waals surface area contributed by atoms with Crippen LogP contribution in [-0.2, 0) is 14.8 Å². The van der Waals surface area contributed by atoms with Crippen molar-refractivity contribution in [3.8, 4) is 0 Å². The Labute approximate surface area is 116 Å². The van der Waals surface area contributed by atoms with Crippen LogP contribution in [0.25, 0.3) is 0 Å². The van der Waals surface area contributed by atoms with Gasteiger partial charge < -0.3 is 5.11 Å². The fourth-order valence-corrected chi connectivity index (χ4v) is 3.27. The van der Waals surface area contributed by atoms with Gasteiger partial charge in [-0.2, -0.15) is 0 Å². The molecule has 5 nitrogen and oxygen atoms in total. The molecular formula is C13H16FNO4S. The molecule has 0 unspecified atom stereocenters. The van der Waals surface area contributed by atoms with E-state index in [1.165, 1.54) is 19.1 Å². The fourth-order valence-electron chi connectivity index (χ4n) is 2.13. The van der Waals surface area contributed by atoms with Gasteiger partial charge in [-0.15, -0.1) is 0 Å². The number of rotatable bonds is 5. The summed E-state index contributed by atoms with van der Waals surface area (Å²) in [5.74, 6) is -1.61. The second kappa shape index (κ2) is 5.14. The summed E-state index contributed by atoms with van der Waals surface area (Å²) in [5, 5.41) is 9.14. The van der Waals surface area contributed by atoms with E-state index in [0.717, 1.165) is 12.5 Å². The van der Waals surface area contributed by atoms with Crippen LogP contribution in [0.15, 0.2) is 23.1 Å². The molecule has 2 rings (SSSR count). The zero-order chi connectivity index (χ0) is 15.0. The molecule has 0 radical (unpaired) electrons. The molecule has 110 valence electrons. The van der Waals surface area contributed by atoms with Crippen LogP contribution in [0, 0.1) is 18.2 Å². The van der Waals surface area contributed by atoms with E-state index in [1.54, 1.807) is 0 Å². The molecule has 20 heavy (non-hydrogen) atoms. The van der Waals surface area contributed by atoms with Crippen molar-refractivity contribution in [2.24, 2.45) is 5.41 Å². The lowest BCUT2D eigenvalue weighted by Crippen LogP contribution is -2.47. The first kappa shape index (κ1) is 14.9. The standard InChI is InChI=1S/C13H16FNO4S/c1-9-3-4-10(7-11(9)14)20(18,19)15-8-13(12(16)17)5-2-6-13/h3-4,7,15H,2,5-6,8H2,1H3,(H,16,17). The van der Waals surface area contributed by atoms with E-state index in [0.29, 0.717) is 18.4 Å². The van der Waals surface area contributed by atoms with Crippen LogP contribution in [0.2, 0.25) is 0 Å². The minimum Gasteiger partial charge on any atom is -0.481 e. The highest BCUT2D eigenvalue weighted by atomic mass is 32.2. The van der Waals surface area contributed by atoms with Gasteiger partial charge in [-0.3, -0.25) is 4.79 Å². The molecule has 1 aliphatic carbocycles. The third-order valence-electron chi connectivity index (χ3n) is 3.82. The van der Waals surface area contributed by atoms with E-state index in [-0.39, 0.29) is 11.4 Å². The number of hydrogen-bond acceptors (Lipinski definition) is 3. The summed E-state index contributed by atoms with van der Waals surface area (Å²) < 4.78 is 39.7. The van der Waals surface area contributed by atoms with Crippen molar-refractivity contribution in [2.75, 3.05) is 6.54 Å². The van der Waals surface area contributed by atoms with Crippen LogP contribution in [0.4, 0.5) is 4.39 Å². The maximum atomic E-state index is 13.4. The monoisotopic (exact) mass is 301 g/mol. The van der Waals surface area contributed by atoms with Crippen molar-refractivity contribution in [3.05, 3.63) is 29.6 Å². The number of carbonyl (C=O) groups is 1. The quantitative estimate of drug-likeness (QED) is 0.866. The van der Waals surface area contributed by atoms with Gasteiger partial charge in [-0.25, -0.2) is 17.5 Å². The Morgan fingerprint density at radius 2 is 2.10 bits per heavy atom. The molecule has 1 fully saturated rings. The summed E-state index contributed by atoms with van der Waals surface area (Å²) in [6.45, 7) is 1.37. The number of carboxylic acids is 1. The molecule has 7 heteroatoms. The third-order valence-corrected chi connectivity index (χ3v) is 5.22. The summed E-state index contributed by atoms with van der Waals surface area (Å²) in [7, 11) is -3.90. The normalized spacial score (nSPS) is 17.5. The molecule has 1 aromatic rings. The topological polar surface area (TPSA) is 83.5 Å². The number of sulfonamides is 1. The Hall–Kier alpha value is -1.47. The van der Waals surface area contributed by atoms with E-state index in [4.69, 9.17) is 5.11 Å². The minimum atomic E-state index is -3.90. The highest BCUT2D eigenvalue weighted by Gasteiger charge is 2.45. The molecule has 1 saturated carbocycles. The van der Waals surface area contributed by atoms with E-state index in [2.05, 4.69) is 4.72 Å². The lowest BCUT2D eigenvalue weighted by Gasteiger charge is -2.37. The first-order chi connectivity index (χ1) is 9.27. The largest absolute Gasteiger partial charge is 0.481 e. The third kappa shape index (κ3) is 2.69. The lowest BCUT2D eigenvalue weighted by molar-refractivity contribution is -0.153. The number of carboxylic acid groups (broad SMARTS) is 1. The summed E-state index contributed by atoms with van der Waals surface area (Å²) in [4.78, 5) is 11.0. The second-order valence-corrected chi connectivity index (χ2v) is 6.94. The molecule has 1 aromatic carbocycles. The van der Waals surface area contributed by atoms with Crippen molar-refractivity contribution in [1.29, 1.82) is 0 Å². The molecule has 0 bridgehead atoms. The predicted octanol–water partition coefficient (Wildman–Crippen LogP) is 1.67. The van der Waals surface area contributed by atoms with Crippen molar-refractivity contribution in [3.63, 3.8) is 0 Å². The van der Waals surface area contributed by atoms with Gasteiger partial charge in [-0.05, 0) is 37.5 Å². The Balaban J connectivity index is 2.15. The van der Waals surface area contributed by atoms with Crippen molar-refractivity contribution in [2.45, 2.75) is 31.1 Å². The van der Waals surface area contributed by atoms with Gasteiger partial charge in [0, 0.05) is 6.54 Å². The smallest absolute Gasteiger partial charge is 0.310 e. The maximum absolute atomic E-state index is 13.4. The Kier molecular flexibility index (Phi) is 3.84. The summed E-state index contributed by atoms with van der Waals surface area (Å²) in [6.07, 6.45) is 1.67. The van der Waals surface area contributed by atoms with Crippen LogP contribution in [0.5, 0.6) is 0 Å². The highest BCUT2D eigenvalue weighted by molar-refractivity contribution is 7.89. The van der Waals surface area contributed by atoms with E-state index in [1.807, 2.05) is 0 Å². The molecule has 0 atom stereocenters. The van der Waals surface area contributed by atoms with Crippen LogP contribution in [0.3, 0.4) is 0 Å². The van der Waals surface area contributed by atoms with Gasteiger partial charge in [-0.1, -0.05) is 12.5 Å². The van der Waals surface area contributed by atoms with Crippen molar-refractivity contribution in [1.82, 2.24) is 4.72 Å². The number of aryl methyl sites for hydroxylation is 1. The molecule has 0 saturated heterocycles. The molecule has 2 N–H and O–H groups in total. The number of aliphatic carboxylic acids is 1. The Bertz CT molecular complexity index is 638. The summed E-state index contributed by atoms with van der Waals surface area (Å²) in [5.41, 5.74) is -0.666. The number of benzene rings is 1. The van der Waals surface area contributed by atoms with Crippen LogP contribution < -0.4 is 4.72 Å². The molecule has 0 heterocycles. The van der Waals surface area contributed by atoms with Gasteiger partial charge in [0.25, 0.3) is 0 Å². The number of hydrogen-bond donors (Lipinski definition) is 2. The Morgan fingerprint density at radius 1 is 1.45 bits per heavy atom. The summed E-state index contributed by atoms with van der Waals surface area (Å²) in [6, 6.07) is 3.61. The van der Waals surface area contributed by atoms with E-state index >= 15 is 0 Å². The van der Waals surface area contributed by atoms with Crippen molar-refractivity contribution >= 4 is 16.0 Å². The van der Waals surface area contributed by atoms with Crippen molar-refractivity contribution < 1.29 is 22.7 Å². The fraction of sp³-hybridized carbons (Fsp3) is 0.462. The number of halogens is 1. The second-order valence-electron chi connectivity index (χ2n) is 5.17. The van der Waals surface area contributed by atoms with Gasteiger partial charge >= 0.3 is 5.97 Å². The van der Waals surface area contributed by atoms with Gasteiger partial charge in [0.1, 0.15) is 5.82 Å². The molecule has 1 aliphatic rings. The summed E-state index contributed by atoms with van der Waals surface area (Å²) >= 11 is 0. The zero-order valence-corrected chi connectivity index (χ0v) is 11.8. The highest BCUT2D eigenvalue weighted by Crippen LogP contribution is 2.40. The van der Waals surface area contributed by atoms with E-state index in [9.17, 15) is 17.6 Å². The maximum Gasteiger partial charge on any atom is 0.310 e. The molecule has 0 aromatic heterocycles. The van der Waals surface area contributed by atoms with Crippen LogP contribution in [-0.4, -0.2) is 26.0 Å². The van der Waals surface area contributed by atoms with Gasteiger partial charge in [0.2, 0.25) is 10.0 Å². The molecule has 0 spiro atoms. The minimum absolute atomic E-state index is 0.167. The van der Waals surface area contributed by atoms with Crippen LogP contribution >= 0.6 is 0 Å². The Morgan fingerprint density at radius 3 is 2.55 bits per heavy atom. The SMILES string of the molecule is Cc1ccc(S(=O)(=O)NCC2(C(=O)O)CCC2)cc1F.